The first-order chi connectivity index (χ1) is 20.7. The number of hydrogen-bond donors (Lipinski definition) is 3. The fraction of sp³-hybridized carbons (Fsp3) is 0.500. The van der Waals surface area contributed by atoms with Gasteiger partial charge in [0.2, 0.25) is 5.91 Å². The maximum Gasteiger partial charge on any atom is 0.223 e. The van der Waals surface area contributed by atoms with Crippen LogP contribution < -0.4 is 16.0 Å². The molecule has 1 saturated heterocycles. The van der Waals surface area contributed by atoms with E-state index in [-0.39, 0.29) is 17.9 Å². The Balaban J connectivity index is 0.00000259. The molecule has 0 unspecified atom stereocenters. The molecule has 0 radical (unpaired) electrons. The molecule has 1 aromatic carbocycles. The van der Waals surface area contributed by atoms with Crippen molar-refractivity contribution in [2.45, 2.75) is 90.8 Å². The Labute approximate surface area is 263 Å². The molecular weight excluding hydrogens is 556 g/mol. The number of aromatic nitrogens is 1. The minimum Gasteiger partial charge on any atom is -0.388 e. The van der Waals surface area contributed by atoms with E-state index < -0.39 is 22.7 Å². The van der Waals surface area contributed by atoms with E-state index in [1.165, 1.54) is 25.0 Å². The van der Waals surface area contributed by atoms with Crippen LogP contribution in [-0.4, -0.2) is 47.5 Å². The second kappa shape index (κ2) is 14.5. The molecule has 4 rings (SSSR count). The van der Waals surface area contributed by atoms with Crippen LogP contribution in [0.5, 0.6) is 0 Å². The van der Waals surface area contributed by atoms with Crippen LogP contribution in [0, 0.1) is 17.0 Å². The first-order valence-electron chi connectivity index (χ1n) is 15.7. The van der Waals surface area contributed by atoms with Crippen molar-refractivity contribution in [3.63, 3.8) is 0 Å². The van der Waals surface area contributed by atoms with E-state index in [4.69, 9.17) is 0 Å². The lowest BCUT2D eigenvalue weighted by Crippen LogP contribution is -2.72. The van der Waals surface area contributed by atoms with Crippen molar-refractivity contribution in [2.75, 3.05) is 20.1 Å². The minimum atomic E-state index is -0.670. The molecule has 2 heterocycles. The highest BCUT2D eigenvalue weighted by molar-refractivity contribution is 5.78. The van der Waals surface area contributed by atoms with Gasteiger partial charge in [0.25, 0.3) is 0 Å². The number of halogens is 2. The summed E-state index contributed by atoms with van der Waals surface area (Å²) < 4.78 is 28.0. The van der Waals surface area contributed by atoms with Crippen LogP contribution in [0.25, 0.3) is 5.70 Å². The van der Waals surface area contributed by atoms with Crippen molar-refractivity contribution in [1.29, 1.82) is 0 Å². The number of amides is 1. The molecule has 3 N–H and O–H groups in total. The number of nitrogens with zero attached hydrogens (tertiary/aromatic N) is 2. The third-order valence-corrected chi connectivity index (χ3v) is 8.71. The summed E-state index contributed by atoms with van der Waals surface area (Å²) in [5.74, 6) is -1.39. The summed E-state index contributed by atoms with van der Waals surface area (Å²) in [7, 11) is 1.67. The standard InChI is InChI=1S/C34H45F2N5O.C2H6/c1-23(18-29(37-7)27-12-11-25(35)19-28(27)36)24(2)39-34(21-41(22-34)26-13-15-32(3,4)16-14-26)20-31(42)40-33(5,6)30-10-8-9-17-38-30;1-2/h8-12,17-19,26,37,39H,1-2,13-16,20-22H2,3-7H3,(H,40,42);1-2H3/b29-18-;. The molecule has 1 amide bonds. The van der Waals surface area contributed by atoms with Crippen molar-refractivity contribution in [2.24, 2.45) is 5.41 Å². The van der Waals surface area contributed by atoms with E-state index in [2.05, 4.69) is 52.8 Å². The smallest absolute Gasteiger partial charge is 0.223 e. The van der Waals surface area contributed by atoms with E-state index in [9.17, 15) is 13.6 Å². The zero-order valence-corrected chi connectivity index (χ0v) is 27.6. The molecule has 1 aliphatic heterocycles. The van der Waals surface area contributed by atoms with Gasteiger partial charge in [-0.25, -0.2) is 8.78 Å². The van der Waals surface area contributed by atoms with Crippen molar-refractivity contribution in [1.82, 2.24) is 25.8 Å². The topological polar surface area (TPSA) is 69.3 Å². The van der Waals surface area contributed by atoms with Crippen LogP contribution in [0.3, 0.4) is 0 Å². The van der Waals surface area contributed by atoms with E-state index >= 15 is 0 Å². The summed E-state index contributed by atoms with van der Waals surface area (Å²) in [6.45, 7) is 22.4. The van der Waals surface area contributed by atoms with Crippen molar-refractivity contribution < 1.29 is 13.6 Å². The van der Waals surface area contributed by atoms with Crippen molar-refractivity contribution in [3.8, 4) is 0 Å². The molecule has 0 atom stereocenters. The number of nitrogens with one attached hydrogen (secondary N) is 3. The number of rotatable bonds is 11. The lowest BCUT2D eigenvalue weighted by Gasteiger charge is -2.55. The van der Waals surface area contributed by atoms with Gasteiger partial charge in [-0.3, -0.25) is 14.7 Å². The first-order valence-corrected chi connectivity index (χ1v) is 15.7. The molecule has 6 nitrogen and oxygen atoms in total. The predicted octanol–water partition coefficient (Wildman–Crippen LogP) is 7.07. The fourth-order valence-corrected chi connectivity index (χ4v) is 6.12. The van der Waals surface area contributed by atoms with E-state index in [0.29, 0.717) is 41.5 Å². The highest BCUT2D eigenvalue weighted by Gasteiger charge is 2.48. The Hall–Kier alpha value is -3.52. The summed E-state index contributed by atoms with van der Waals surface area (Å²) in [6.07, 6.45) is 8.33. The molecule has 2 aromatic rings. The summed E-state index contributed by atoms with van der Waals surface area (Å²) in [5.41, 5.74) is 1.75. The van der Waals surface area contributed by atoms with Gasteiger partial charge in [-0.05, 0) is 80.9 Å². The van der Waals surface area contributed by atoms with Crippen molar-refractivity contribution in [3.05, 3.63) is 96.0 Å². The number of pyridine rings is 1. The number of likely N-dealkylation sites (tertiary alicyclic amines) is 1. The van der Waals surface area contributed by atoms with Crippen LogP contribution in [0.2, 0.25) is 0 Å². The van der Waals surface area contributed by atoms with Gasteiger partial charge in [0.05, 0.1) is 23.2 Å². The largest absolute Gasteiger partial charge is 0.388 e. The van der Waals surface area contributed by atoms with Gasteiger partial charge in [0.1, 0.15) is 11.6 Å². The lowest BCUT2D eigenvalue weighted by molar-refractivity contribution is -0.127. The monoisotopic (exact) mass is 607 g/mol. The summed E-state index contributed by atoms with van der Waals surface area (Å²) in [4.78, 5) is 20.4. The van der Waals surface area contributed by atoms with Gasteiger partial charge >= 0.3 is 0 Å². The summed E-state index contributed by atoms with van der Waals surface area (Å²) in [6, 6.07) is 9.63. The second-order valence-corrected chi connectivity index (χ2v) is 13.2. The molecule has 8 heteroatoms. The number of carbonyl (C=O) groups is 1. The van der Waals surface area contributed by atoms with Crippen LogP contribution in [-0.2, 0) is 10.3 Å². The molecule has 1 aromatic heterocycles. The number of carbonyl (C=O) groups excluding carboxylic acids is 1. The average Bonchev–Trinajstić information content (AvgIpc) is 2.96. The maximum atomic E-state index is 14.5. The molecule has 2 aliphatic rings. The third-order valence-electron chi connectivity index (χ3n) is 8.71. The Morgan fingerprint density at radius 2 is 1.77 bits per heavy atom. The number of hydrogen-bond acceptors (Lipinski definition) is 5. The quantitative estimate of drug-likeness (QED) is 0.239. The zero-order chi connectivity index (χ0) is 32.7. The van der Waals surface area contributed by atoms with Gasteiger partial charge in [0, 0.05) is 55.4 Å². The molecule has 240 valence electrons. The molecule has 0 spiro atoms. The Kier molecular flexibility index (Phi) is 11.5. The summed E-state index contributed by atoms with van der Waals surface area (Å²) >= 11 is 0. The Bertz CT molecular complexity index is 1340. The lowest BCUT2D eigenvalue weighted by atomic mass is 9.73. The highest BCUT2D eigenvalue weighted by atomic mass is 19.1. The van der Waals surface area contributed by atoms with Gasteiger partial charge in [-0.1, -0.05) is 46.9 Å². The van der Waals surface area contributed by atoms with E-state index in [1.807, 2.05) is 45.9 Å². The fourth-order valence-electron chi connectivity index (χ4n) is 6.12. The molecule has 0 bridgehead atoms. The third kappa shape index (κ3) is 8.78. The minimum absolute atomic E-state index is 0.0826. The summed E-state index contributed by atoms with van der Waals surface area (Å²) in [5, 5.41) is 9.69. The maximum absolute atomic E-state index is 14.5. The van der Waals surface area contributed by atoms with Crippen LogP contribution in [0.15, 0.2) is 73.1 Å². The second-order valence-electron chi connectivity index (χ2n) is 13.2. The molecular formula is C36H51F2N5O. The van der Waals surface area contributed by atoms with Crippen molar-refractivity contribution >= 4 is 11.6 Å². The Morgan fingerprint density at radius 1 is 1.11 bits per heavy atom. The van der Waals surface area contributed by atoms with Crippen LogP contribution in [0.4, 0.5) is 8.78 Å². The van der Waals surface area contributed by atoms with Gasteiger partial charge in [0.15, 0.2) is 0 Å². The first kappa shape index (κ1) is 35.0. The normalized spacial score (nSPS) is 18.2. The van der Waals surface area contributed by atoms with Gasteiger partial charge in [-0.15, -0.1) is 0 Å². The van der Waals surface area contributed by atoms with Gasteiger partial charge < -0.3 is 16.0 Å². The number of benzene rings is 1. The van der Waals surface area contributed by atoms with E-state index in [1.54, 1.807) is 19.3 Å². The molecule has 44 heavy (non-hydrogen) atoms. The van der Waals surface area contributed by atoms with Crippen LogP contribution >= 0.6 is 0 Å². The van der Waals surface area contributed by atoms with Crippen LogP contribution in [0.1, 0.15) is 84.9 Å². The average molecular weight is 608 g/mol. The number of allylic oxidation sites excluding steroid dienone is 1. The SMILES string of the molecule is C=C(/C=C(\NC)c1ccc(F)cc1F)C(=C)NC1(CC(=O)NC(C)(C)c2ccccn2)CN(C2CCC(C)(C)CC2)C1.CC. The molecule has 1 saturated carbocycles. The predicted molar refractivity (Wildman–Crippen MR) is 177 cm³/mol. The van der Waals surface area contributed by atoms with E-state index in [0.717, 1.165) is 24.6 Å². The van der Waals surface area contributed by atoms with Gasteiger partial charge in [-0.2, -0.15) is 0 Å². The zero-order valence-electron chi connectivity index (χ0n) is 27.6. The molecule has 1 aliphatic carbocycles. The molecule has 2 fully saturated rings. The Morgan fingerprint density at radius 3 is 2.34 bits per heavy atom. The highest BCUT2D eigenvalue weighted by Crippen LogP contribution is 2.40.